The molecule has 1 aromatic carbocycles. The molecule has 2 saturated heterocycles. The number of aliphatic hydroxyl groups excluding tert-OH is 2. The molecule has 5 atom stereocenters. The van der Waals surface area contributed by atoms with Gasteiger partial charge in [-0.2, -0.15) is 0 Å². The largest absolute Gasteiger partial charge is 0.387 e. The SMILES string of the molecule is CC1(C)O[C@@H]2O[C@@H]([C@@H](O)c3ccccc3)[C@@H](O)[C@@H]2O1. The molecule has 0 saturated carbocycles. The molecular formula is C14H18O5. The minimum absolute atomic E-state index is 0.557. The quantitative estimate of drug-likeness (QED) is 0.834. The van der Waals surface area contributed by atoms with Crippen molar-refractivity contribution in [2.45, 2.75) is 50.3 Å². The number of hydrogen-bond acceptors (Lipinski definition) is 5. The van der Waals surface area contributed by atoms with Crippen LogP contribution in [0.15, 0.2) is 30.3 Å². The summed E-state index contributed by atoms with van der Waals surface area (Å²) in [5, 5.41) is 20.5. The zero-order valence-electron chi connectivity index (χ0n) is 10.9. The minimum Gasteiger partial charge on any atom is -0.387 e. The maximum Gasteiger partial charge on any atom is 0.190 e. The van der Waals surface area contributed by atoms with Crippen molar-refractivity contribution in [3.63, 3.8) is 0 Å². The average molecular weight is 266 g/mol. The molecule has 3 rings (SSSR count). The van der Waals surface area contributed by atoms with E-state index in [1.54, 1.807) is 26.0 Å². The standard InChI is InChI=1S/C14H18O5/c1-14(2)18-12-10(16)11(17-13(12)19-14)9(15)8-6-4-3-5-7-8/h3-7,9-13,15-16H,1-2H3/t9-,10+,11-,12-,13-/m0/s1. The molecule has 5 heteroatoms. The van der Waals surface area contributed by atoms with Crippen molar-refractivity contribution >= 4 is 0 Å². The topological polar surface area (TPSA) is 68.2 Å². The third kappa shape index (κ3) is 2.28. The number of ether oxygens (including phenoxy) is 3. The summed E-state index contributed by atoms with van der Waals surface area (Å²) in [6, 6.07) is 9.11. The van der Waals surface area contributed by atoms with E-state index in [-0.39, 0.29) is 0 Å². The van der Waals surface area contributed by atoms with Crippen LogP contribution in [0.25, 0.3) is 0 Å². The van der Waals surface area contributed by atoms with Crippen LogP contribution in [0.3, 0.4) is 0 Å². The molecule has 0 unspecified atom stereocenters. The molecule has 1 aromatic rings. The Kier molecular flexibility index (Phi) is 3.11. The first kappa shape index (κ1) is 13.0. The van der Waals surface area contributed by atoms with Crippen LogP contribution in [0.4, 0.5) is 0 Å². The molecule has 0 spiro atoms. The lowest BCUT2D eigenvalue weighted by molar-refractivity contribution is -0.226. The van der Waals surface area contributed by atoms with Gasteiger partial charge in [0.2, 0.25) is 0 Å². The van der Waals surface area contributed by atoms with Gasteiger partial charge in [0.25, 0.3) is 0 Å². The molecule has 5 nitrogen and oxygen atoms in total. The number of aliphatic hydroxyl groups is 2. The Morgan fingerprint density at radius 3 is 2.47 bits per heavy atom. The van der Waals surface area contributed by atoms with Gasteiger partial charge in [-0.1, -0.05) is 30.3 Å². The summed E-state index contributed by atoms with van der Waals surface area (Å²) >= 11 is 0. The Bertz CT molecular complexity index is 446. The van der Waals surface area contributed by atoms with Crippen LogP contribution in [0, 0.1) is 0 Å². The van der Waals surface area contributed by atoms with E-state index in [9.17, 15) is 10.2 Å². The van der Waals surface area contributed by atoms with Crippen molar-refractivity contribution in [2.24, 2.45) is 0 Å². The Balaban J connectivity index is 1.75. The number of benzene rings is 1. The first-order valence-electron chi connectivity index (χ1n) is 6.40. The molecule has 2 heterocycles. The summed E-state index contributed by atoms with van der Waals surface area (Å²) in [5.74, 6) is -0.765. The minimum atomic E-state index is -0.915. The van der Waals surface area contributed by atoms with Crippen LogP contribution in [-0.2, 0) is 14.2 Å². The molecule has 0 bridgehead atoms. The highest BCUT2D eigenvalue weighted by Crippen LogP contribution is 2.40. The predicted octanol–water partition coefficient (Wildman–Crippen LogP) is 0.957. The van der Waals surface area contributed by atoms with Crippen molar-refractivity contribution in [2.75, 3.05) is 0 Å². The fourth-order valence-electron chi connectivity index (χ4n) is 2.62. The van der Waals surface area contributed by atoms with E-state index in [0.717, 1.165) is 0 Å². The number of rotatable bonds is 2. The highest BCUT2D eigenvalue weighted by Gasteiger charge is 2.56. The Morgan fingerprint density at radius 1 is 1.16 bits per heavy atom. The summed E-state index contributed by atoms with van der Waals surface area (Å²) < 4.78 is 16.7. The van der Waals surface area contributed by atoms with E-state index in [2.05, 4.69) is 0 Å². The van der Waals surface area contributed by atoms with Crippen LogP contribution in [0.2, 0.25) is 0 Å². The summed E-state index contributed by atoms with van der Waals surface area (Å²) in [6.45, 7) is 3.54. The van der Waals surface area contributed by atoms with Gasteiger partial charge in [0.05, 0.1) is 0 Å². The van der Waals surface area contributed by atoms with Crippen molar-refractivity contribution in [1.82, 2.24) is 0 Å². The van der Waals surface area contributed by atoms with Gasteiger partial charge in [-0.3, -0.25) is 0 Å². The van der Waals surface area contributed by atoms with Gasteiger partial charge in [0.1, 0.15) is 24.4 Å². The lowest BCUT2D eigenvalue weighted by Gasteiger charge is -2.26. The summed E-state index contributed by atoms with van der Waals surface area (Å²) in [6.07, 6.45) is -3.75. The summed E-state index contributed by atoms with van der Waals surface area (Å²) in [7, 11) is 0. The zero-order valence-corrected chi connectivity index (χ0v) is 10.9. The summed E-state index contributed by atoms with van der Waals surface area (Å²) in [5.41, 5.74) is 0.700. The van der Waals surface area contributed by atoms with E-state index < -0.39 is 36.5 Å². The molecule has 2 N–H and O–H groups in total. The second-order valence-corrected chi connectivity index (χ2v) is 5.42. The summed E-state index contributed by atoms with van der Waals surface area (Å²) in [4.78, 5) is 0. The van der Waals surface area contributed by atoms with E-state index in [0.29, 0.717) is 5.56 Å². The fourth-order valence-corrected chi connectivity index (χ4v) is 2.62. The molecule has 19 heavy (non-hydrogen) atoms. The third-order valence-electron chi connectivity index (χ3n) is 3.50. The fraction of sp³-hybridized carbons (Fsp3) is 0.571. The van der Waals surface area contributed by atoms with Crippen LogP contribution in [-0.4, -0.2) is 40.6 Å². The van der Waals surface area contributed by atoms with Gasteiger partial charge in [-0.25, -0.2) is 0 Å². The predicted molar refractivity (Wildman–Crippen MR) is 66.1 cm³/mol. The molecule has 2 aliphatic rings. The molecule has 0 aliphatic carbocycles. The van der Waals surface area contributed by atoms with Crippen LogP contribution in [0.5, 0.6) is 0 Å². The van der Waals surface area contributed by atoms with Crippen molar-refractivity contribution < 1.29 is 24.4 Å². The molecule has 0 amide bonds. The van der Waals surface area contributed by atoms with Crippen molar-refractivity contribution in [3.05, 3.63) is 35.9 Å². The number of hydrogen-bond donors (Lipinski definition) is 2. The Morgan fingerprint density at radius 2 is 1.84 bits per heavy atom. The second kappa shape index (κ2) is 4.54. The van der Waals surface area contributed by atoms with Crippen molar-refractivity contribution in [1.29, 1.82) is 0 Å². The molecular weight excluding hydrogens is 248 g/mol. The normalized spacial score (nSPS) is 38.1. The van der Waals surface area contributed by atoms with Gasteiger partial charge >= 0.3 is 0 Å². The highest BCUT2D eigenvalue weighted by molar-refractivity contribution is 5.19. The van der Waals surface area contributed by atoms with Crippen molar-refractivity contribution in [3.8, 4) is 0 Å². The smallest absolute Gasteiger partial charge is 0.190 e. The lowest BCUT2D eigenvalue weighted by atomic mass is 9.99. The number of fused-ring (bicyclic) bond motifs is 1. The van der Waals surface area contributed by atoms with Crippen LogP contribution < -0.4 is 0 Å². The van der Waals surface area contributed by atoms with E-state index in [1.165, 1.54) is 0 Å². The Labute approximate surface area is 111 Å². The molecule has 2 aliphatic heterocycles. The van der Waals surface area contributed by atoms with Gasteiger partial charge in [-0.15, -0.1) is 0 Å². The Hall–Kier alpha value is -0.980. The van der Waals surface area contributed by atoms with Crippen LogP contribution in [0.1, 0.15) is 25.5 Å². The lowest BCUT2D eigenvalue weighted by Crippen LogP contribution is -2.37. The second-order valence-electron chi connectivity index (χ2n) is 5.42. The average Bonchev–Trinajstić information content (AvgIpc) is 2.84. The van der Waals surface area contributed by atoms with Crippen LogP contribution >= 0.6 is 0 Å². The molecule has 0 aromatic heterocycles. The first-order chi connectivity index (χ1) is 8.98. The first-order valence-corrected chi connectivity index (χ1v) is 6.40. The van der Waals surface area contributed by atoms with Gasteiger partial charge in [-0.05, 0) is 19.4 Å². The van der Waals surface area contributed by atoms with E-state index in [1.807, 2.05) is 18.2 Å². The van der Waals surface area contributed by atoms with E-state index in [4.69, 9.17) is 14.2 Å². The van der Waals surface area contributed by atoms with E-state index >= 15 is 0 Å². The zero-order chi connectivity index (χ0) is 13.6. The third-order valence-corrected chi connectivity index (χ3v) is 3.50. The highest BCUT2D eigenvalue weighted by atomic mass is 16.8. The van der Waals surface area contributed by atoms with Gasteiger partial charge in [0, 0.05) is 0 Å². The maximum atomic E-state index is 10.3. The van der Waals surface area contributed by atoms with Gasteiger partial charge in [0.15, 0.2) is 12.1 Å². The maximum absolute atomic E-state index is 10.3. The molecule has 2 fully saturated rings. The molecule has 104 valence electrons. The monoisotopic (exact) mass is 266 g/mol. The van der Waals surface area contributed by atoms with Gasteiger partial charge < -0.3 is 24.4 Å². The molecule has 0 radical (unpaired) electrons.